The lowest BCUT2D eigenvalue weighted by molar-refractivity contribution is 0.868. The highest BCUT2D eigenvalue weighted by Crippen LogP contribution is 2.64. The van der Waals surface area contributed by atoms with E-state index in [9.17, 15) is 0 Å². The summed E-state index contributed by atoms with van der Waals surface area (Å²) < 4.78 is 5.57. The highest BCUT2D eigenvalue weighted by atomic mass is 28.3. The topological polar surface area (TPSA) is 16.3 Å². The first-order valence-electron chi connectivity index (χ1n) is 21.8. The van der Waals surface area contributed by atoms with Crippen molar-refractivity contribution >= 4 is 99.5 Å². The Morgan fingerprint density at radius 1 is 0.492 bits per heavy atom. The molecule has 5 aliphatic heterocycles. The van der Waals surface area contributed by atoms with E-state index in [4.69, 9.17) is 0 Å². The average Bonchev–Trinajstić information content (AvgIpc) is 3.99. The second-order valence-corrected chi connectivity index (χ2v) is 23.8. The van der Waals surface area contributed by atoms with Crippen LogP contribution in [0, 0.1) is 27.7 Å². The predicted octanol–water partition coefficient (Wildman–Crippen LogP) is 13.5. The second-order valence-electron chi connectivity index (χ2n) is 19.4. The van der Waals surface area contributed by atoms with Crippen molar-refractivity contribution in [2.45, 2.75) is 80.3 Å². The number of anilines is 4. The maximum atomic E-state index is 2.78. The number of para-hydroxylation sites is 2. The van der Waals surface area contributed by atoms with Crippen LogP contribution in [-0.2, 0) is 0 Å². The maximum absolute atomic E-state index is 2.78. The van der Waals surface area contributed by atoms with Crippen LogP contribution in [0.25, 0.3) is 54.8 Å². The number of aryl methyl sites for hydroxylation is 4. The molecule has 13 rings (SSSR count). The third kappa shape index (κ3) is 3.82. The van der Waals surface area contributed by atoms with Crippen LogP contribution >= 0.6 is 0 Å². The lowest BCUT2D eigenvalue weighted by atomic mass is 9.62. The molecule has 2 aromatic heterocycles. The van der Waals surface area contributed by atoms with E-state index in [1.807, 2.05) is 0 Å². The Morgan fingerprint density at radius 2 is 0.898 bits per heavy atom. The molecule has 7 heteroatoms. The first-order chi connectivity index (χ1) is 28.4. The Kier molecular flexibility index (Phi) is 6.34. The molecule has 7 heterocycles. The molecule has 0 saturated heterocycles. The molecule has 0 fully saturated rings. The number of rotatable bonds is 2. The molecule has 0 amide bonds. The third-order valence-electron chi connectivity index (χ3n) is 15.5. The number of aromatic nitrogens is 2. The van der Waals surface area contributed by atoms with Crippen molar-refractivity contribution in [1.29, 1.82) is 0 Å². The molecule has 8 aromatic rings. The standard InChI is InChI=1S/C52H48B2N4Si/c1-27(2)33-19-21-41-37(25-33)45-31(7)29(5)23-43-49(45)57(41)53-51-47(35-15-11-13-17-39(35)55(43)53)48-36-16-12-14-18-40(36)56-44-24-30(6)32(8)46-38-26-34(28(3)4)20-22-42(38)58(50(44)46)54(56)52(48)59(51,9)10/h11-28H,1-10H3. The number of hydrogen-bond donors (Lipinski definition) is 0. The molecule has 286 valence electrons. The molecule has 0 unspecified atom stereocenters. The van der Waals surface area contributed by atoms with Crippen LogP contribution in [0.4, 0.5) is 22.7 Å². The fourth-order valence-electron chi connectivity index (χ4n) is 12.5. The first-order valence-corrected chi connectivity index (χ1v) is 24.8. The summed E-state index contributed by atoms with van der Waals surface area (Å²) in [7, 11) is -2.48. The zero-order valence-electron chi connectivity index (χ0n) is 35.8. The van der Waals surface area contributed by atoms with Gasteiger partial charge in [0.05, 0.1) is 30.5 Å². The molecule has 0 spiro atoms. The number of hydrogen-bond acceptors (Lipinski definition) is 2. The summed E-state index contributed by atoms with van der Waals surface area (Å²) in [5.74, 6) is 0.934. The molecular formula is C52H48B2N4Si. The zero-order chi connectivity index (χ0) is 40.3. The molecule has 0 saturated carbocycles. The molecular weight excluding hydrogens is 730 g/mol. The Morgan fingerprint density at radius 3 is 1.31 bits per heavy atom. The smallest absolute Gasteiger partial charge is 0.360 e. The normalized spacial score (nSPS) is 16.8. The van der Waals surface area contributed by atoms with Crippen LogP contribution in [0.2, 0.25) is 13.1 Å². The molecule has 0 radical (unpaired) electrons. The van der Waals surface area contributed by atoms with Gasteiger partial charge in [-0.1, -0.05) is 99.5 Å². The fraction of sp³-hybridized carbons (Fsp3) is 0.231. The monoisotopic (exact) mass is 778 g/mol. The van der Waals surface area contributed by atoms with E-state index in [1.165, 1.54) is 122 Å². The van der Waals surface area contributed by atoms with E-state index >= 15 is 0 Å². The van der Waals surface area contributed by atoms with E-state index in [-0.39, 0.29) is 14.0 Å². The van der Waals surface area contributed by atoms with Gasteiger partial charge in [-0.2, -0.15) is 0 Å². The lowest BCUT2D eigenvalue weighted by Gasteiger charge is -2.40. The van der Waals surface area contributed by atoms with E-state index in [2.05, 4.69) is 184 Å². The van der Waals surface area contributed by atoms with Crippen LogP contribution in [0.15, 0.2) is 107 Å². The van der Waals surface area contributed by atoms with Crippen molar-refractivity contribution in [2.24, 2.45) is 0 Å². The number of fused-ring (bicyclic) bond motifs is 21. The molecule has 0 bridgehead atoms. The minimum Gasteiger partial charge on any atom is -0.360 e. The van der Waals surface area contributed by atoms with Crippen LogP contribution in [0.5, 0.6) is 0 Å². The molecule has 59 heavy (non-hydrogen) atoms. The molecule has 0 atom stereocenters. The Balaban J connectivity index is 1.15. The van der Waals surface area contributed by atoms with Crippen molar-refractivity contribution in [3.05, 3.63) is 152 Å². The van der Waals surface area contributed by atoms with Crippen molar-refractivity contribution in [1.82, 2.24) is 8.96 Å². The summed E-state index contributed by atoms with van der Waals surface area (Å²) in [5.41, 5.74) is 24.9. The van der Waals surface area contributed by atoms with Gasteiger partial charge >= 0.3 is 14.0 Å². The summed E-state index contributed by atoms with van der Waals surface area (Å²) in [4.78, 5) is 5.50. The van der Waals surface area contributed by atoms with Crippen molar-refractivity contribution < 1.29 is 0 Å². The molecule has 6 aromatic carbocycles. The molecule has 4 nitrogen and oxygen atoms in total. The maximum Gasteiger partial charge on any atom is 0.413 e. The highest BCUT2D eigenvalue weighted by Gasteiger charge is 2.61. The van der Waals surface area contributed by atoms with Crippen molar-refractivity contribution in [2.75, 3.05) is 9.62 Å². The van der Waals surface area contributed by atoms with Gasteiger partial charge in [0.15, 0.2) is 0 Å². The summed E-state index contributed by atoms with van der Waals surface area (Å²) in [6.07, 6.45) is 0. The SMILES string of the molecule is Cc1cc2c3c(c1C)c1cc(C(C)C)ccc1n3B1C3=C(C4=C(B5N(c6ccccc64)c4cc(C)c(C)c6c7cc(C(C)C)ccc7n5c46)[Si]3(C)C)c3ccccc3N12. The number of nitrogens with zero attached hydrogens (tertiary/aromatic N) is 4. The van der Waals surface area contributed by atoms with E-state index in [1.54, 1.807) is 10.2 Å². The van der Waals surface area contributed by atoms with Crippen molar-refractivity contribution in [3.63, 3.8) is 0 Å². The quantitative estimate of drug-likeness (QED) is 0.163. The van der Waals surface area contributed by atoms with Crippen molar-refractivity contribution in [3.8, 4) is 0 Å². The van der Waals surface area contributed by atoms with E-state index < -0.39 is 8.07 Å². The van der Waals surface area contributed by atoms with E-state index in [0.717, 1.165) is 0 Å². The summed E-state index contributed by atoms with van der Waals surface area (Å²) in [5, 5.41) is 8.96. The summed E-state index contributed by atoms with van der Waals surface area (Å²) in [6, 6.07) is 38.5. The van der Waals surface area contributed by atoms with Gasteiger partial charge in [-0.15, -0.1) is 0 Å². The van der Waals surface area contributed by atoms with Gasteiger partial charge in [-0.25, -0.2) is 0 Å². The van der Waals surface area contributed by atoms with Crippen LogP contribution in [-0.4, -0.2) is 31.0 Å². The molecule has 0 aliphatic carbocycles. The van der Waals surface area contributed by atoms with Gasteiger partial charge < -0.3 is 18.6 Å². The van der Waals surface area contributed by atoms with Gasteiger partial charge in [0, 0.05) is 55.1 Å². The summed E-state index contributed by atoms with van der Waals surface area (Å²) in [6.45, 7) is 24.1. The highest BCUT2D eigenvalue weighted by molar-refractivity contribution is 7.16. The predicted molar refractivity (Wildman–Crippen MR) is 257 cm³/mol. The minimum atomic E-state index is -2.48. The van der Waals surface area contributed by atoms with Crippen LogP contribution in [0.1, 0.15) is 84.0 Å². The molecule has 5 aliphatic rings. The molecule has 0 N–H and O–H groups in total. The van der Waals surface area contributed by atoms with Gasteiger partial charge in [0.1, 0.15) is 0 Å². The minimum absolute atomic E-state index is 0.0529. The van der Waals surface area contributed by atoms with Gasteiger partial charge in [0.25, 0.3) is 0 Å². The van der Waals surface area contributed by atoms with Crippen LogP contribution in [0.3, 0.4) is 0 Å². The Bertz CT molecular complexity index is 3170. The summed E-state index contributed by atoms with van der Waals surface area (Å²) >= 11 is 0. The number of allylic oxidation sites excluding steroid dienone is 2. The Hall–Kier alpha value is -5.65. The zero-order valence-corrected chi connectivity index (χ0v) is 36.8. The third-order valence-corrected chi connectivity index (χ3v) is 19.2. The van der Waals surface area contributed by atoms with Gasteiger partial charge in [0.2, 0.25) is 0 Å². The Labute approximate surface area is 348 Å². The number of benzene rings is 6. The average molecular weight is 779 g/mol. The fourth-order valence-corrected chi connectivity index (χ4v) is 16.4. The van der Waals surface area contributed by atoms with Crippen LogP contribution < -0.4 is 9.62 Å². The second kappa shape index (κ2) is 10.9. The van der Waals surface area contributed by atoms with E-state index in [0.29, 0.717) is 11.8 Å². The largest absolute Gasteiger partial charge is 0.413 e. The van der Waals surface area contributed by atoms with Gasteiger partial charge in [-0.05, 0) is 133 Å². The van der Waals surface area contributed by atoms with Gasteiger partial charge in [-0.3, -0.25) is 0 Å². The lowest BCUT2D eigenvalue weighted by Crippen LogP contribution is -2.55. The first kappa shape index (κ1) is 34.2.